The van der Waals surface area contributed by atoms with Crippen molar-refractivity contribution in [2.24, 2.45) is 5.73 Å². The molecule has 0 fully saturated rings. The van der Waals surface area contributed by atoms with E-state index in [4.69, 9.17) is 10.5 Å². The molecule has 0 aliphatic carbocycles. The Hall–Kier alpha value is -0.510. The van der Waals surface area contributed by atoms with E-state index < -0.39 is 0 Å². The lowest BCUT2D eigenvalue weighted by Gasteiger charge is -2.09. The number of benzene rings is 1. The second-order valence-corrected chi connectivity index (χ2v) is 4.43. The summed E-state index contributed by atoms with van der Waals surface area (Å²) in [4.78, 5) is 1.27. The molecule has 0 spiro atoms. The summed E-state index contributed by atoms with van der Waals surface area (Å²) >= 11 is 1.77. The molecular formula is C11H17NOS. The maximum absolute atomic E-state index is 5.82. The first-order chi connectivity index (χ1) is 6.72. The molecule has 1 aromatic carbocycles. The summed E-state index contributed by atoms with van der Waals surface area (Å²) in [6.07, 6.45) is 0. The van der Waals surface area contributed by atoms with Crippen molar-refractivity contribution in [3.05, 3.63) is 29.8 Å². The van der Waals surface area contributed by atoms with Crippen molar-refractivity contribution in [3.8, 4) is 0 Å². The summed E-state index contributed by atoms with van der Waals surface area (Å²) in [5, 5.41) is 0. The third-order valence-corrected chi connectivity index (χ3v) is 3.07. The van der Waals surface area contributed by atoms with Crippen molar-refractivity contribution in [2.45, 2.75) is 17.9 Å². The Morgan fingerprint density at radius 1 is 1.36 bits per heavy atom. The van der Waals surface area contributed by atoms with E-state index in [9.17, 15) is 0 Å². The lowest BCUT2D eigenvalue weighted by atomic mass is 10.2. The highest BCUT2D eigenvalue weighted by molar-refractivity contribution is 7.99. The highest BCUT2D eigenvalue weighted by atomic mass is 32.2. The average molecular weight is 211 g/mol. The van der Waals surface area contributed by atoms with Crippen LogP contribution in [0.5, 0.6) is 0 Å². The minimum absolute atomic E-state index is 0.117. The van der Waals surface area contributed by atoms with Gasteiger partial charge in [0, 0.05) is 23.8 Å². The monoisotopic (exact) mass is 211 g/mol. The molecule has 2 N–H and O–H groups in total. The summed E-state index contributed by atoms with van der Waals surface area (Å²) < 4.78 is 4.97. The average Bonchev–Trinajstić information content (AvgIpc) is 2.17. The van der Waals surface area contributed by atoms with Crippen LogP contribution in [0.1, 0.15) is 5.56 Å². The number of thioether (sulfide) groups is 1. The maximum Gasteiger partial charge on any atom is 0.0621 e. The topological polar surface area (TPSA) is 35.2 Å². The predicted molar refractivity (Wildman–Crippen MR) is 61.8 cm³/mol. The van der Waals surface area contributed by atoms with E-state index in [1.54, 1.807) is 18.9 Å². The van der Waals surface area contributed by atoms with E-state index >= 15 is 0 Å². The van der Waals surface area contributed by atoms with Crippen molar-refractivity contribution in [2.75, 3.05) is 19.5 Å². The van der Waals surface area contributed by atoms with Crippen LogP contribution >= 0.6 is 11.8 Å². The van der Waals surface area contributed by atoms with Gasteiger partial charge in [0.05, 0.1) is 6.61 Å². The minimum atomic E-state index is 0.117. The van der Waals surface area contributed by atoms with Crippen LogP contribution < -0.4 is 5.73 Å². The van der Waals surface area contributed by atoms with E-state index in [0.717, 1.165) is 5.75 Å². The molecule has 0 saturated heterocycles. The second kappa shape index (κ2) is 6.06. The molecule has 0 bridgehead atoms. The quantitative estimate of drug-likeness (QED) is 0.757. The summed E-state index contributed by atoms with van der Waals surface area (Å²) in [6.45, 7) is 2.71. The molecule has 0 amide bonds. The first-order valence-corrected chi connectivity index (χ1v) is 5.65. The van der Waals surface area contributed by atoms with Crippen LogP contribution in [-0.4, -0.2) is 25.5 Å². The molecular weight excluding hydrogens is 194 g/mol. The van der Waals surface area contributed by atoms with Crippen LogP contribution in [0.2, 0.25) is 0 Å². The lowest BCUT2D eigenvalue weighted by Crippen LogP contribution is -2.27. The van der Waals surface area contributed by atoms with Gasteiger partial charge in [0.15, 0.2) is 0 Å². The fourth-order valence-electron chi connectivity index (χ4n) is 1.10. The summed E-state index contributed by atoms with van der Waals surface area (Å²) in [7, 11) is 1.68. The standard InChI is InChI=1S/C11H17NOS/c1-9-3-5-11(6-4-9)14-8-10(12)7-13-2/h3-6,10H,7-8,12H2,1-2H3. The van der Waals surface area contributed by atoms with Crippen molar-refractivity contribution in [1.29, 1.82) is 0 Å². The molecule has 0 radical (unpaired) electrons. The SMILES string of the molecule is COCC(N)CSc1ccc(C)cc1. The molecule has 0 aliphatic rings. The van der Waals surface area contributed by atoms with Gasteiger partial charge < -0.3 is 10.5 Å². The minimum Gasteiger partial charge on any atom is -0.383 e. The van der Waals surface area contributed by atoms with Gasteiger partial charge in [0.25, 0.3) is 0 Å². The van der Waals surface area contributed by atoms with Crippen molar-refractivity contribution in [3.63, 3.8) is 0 Å². The fraction of sp³-hybridized carbons (Fsp3) is 0.455. The van der Waals surface area contributed by atoms with E-state index in [2.05, 4.69) is 31.2 Å². The van der Waals surface area contributed by atoms with Gasteiger partial charge in [-0.3, -0.25) is 0 Å². The molecule has 1 atom stereocenters. The van der Waals surface area contributed by atoms with Crippen molar-refractivity contribution < 1.29 is 4.74 Å². The van der Waals surface area contributed by atoms with Gasteiger partial charge in [-0.25, -0.2) is 0 Å². The number of rotatable bonds is 5. The highest BCUT2D eigenvalue weighted by Crippen LogP contribution is 2.18. The van der Waals surface area contributed by atoms with Crippen LogP contribution in [0.3, 0.4) is 0 Å². The zero-order valence-electron chi connectivity index (χ0n) is 8.69. The third kappa shape index (κ3) is 4.13. The number of methoxy groups -OCH3 is 1. The molecule has 0 aromatic heterocycles. The number of nitrogens with two attached hydrogens (primary N) is 1. The Labute approximate surface area is 89.8 Å². The van der Waals surface area contributed by atoms with Crippen LogP contribution in [0.15, 0.2) is 29.2 Å². The summed E-state index contributed by atoms with van der Waals surface area (Å²) in [5.41, 5.74) is 7.10. The summed E-state index contributed by atoms with van der Waals surface area (Å²) in [5.74, 6) is 0.900. The smallest absolute Gasteiger partial charge is 0.0621 e. The van der Waals surface area contributed by atoms with E-state index in [1.807, 2.05) is 0 Å². The van der Waals surface area contributed by atoms with Crippen LogP contribution in [0, 0.1) is 6.92 Å². The molecule has 0 aliphatic heterocycles. The Balaban J connectivity index is 2.34. The van der Waals surface area contributed by atoms with E-state index in [-0.39, 0.29) is 6.04 Å². The molecule has 1 aromatic rings. The van der Waals surface area contributed by atoms with E-state index in [0.29, 0.717) is 6.61 Å². The van der Waals surface area contributed by atoms with Crippen molar-refractivity contribution >= 4 is 11.8 Å². The number of hydrogen-bond acceptors (Lipinski definition) is 3. The third-order valence-electron chi connectivity index (χ3n) is 1.87. The van der Waals surface area contributed by atoms with Gasteiger partial charge >= 0.3 is 0 Å². The Bertz CT molecular complexity index is 260. The van der Waals surface area contributed by atoms with Crippen LogP contribution in [0.4, 0.5) is 0 Å². The lowest BCUT2D eigenvalue weighted by molar-refractivity contribution is 0.186. The number of ether oxygens (including phenoxy) is 1. The Kier molecular flexibility index (Phi) is 5.01. The largest absolute Gasteiger partial charge is 0.383 e. The van der Waals surface area contributed by atoms with Gasteiger partial charge in [0.1, 0.15) is 0 Å². The number of hydrogen-bond donors (Lipinski definition) is 1. The van der Waals surface area contributed by atoms with Gasteiger partial charge in [-0.1, -0.05) is 17.7 Å². The Morgan fingerprint density at radius 3 is 2.57 bits per heavy atom. The van der Waals surface area contributed by atoms with Crippen LogP contribution in [0.25, 0.3) is 0 Å². The summed E-state index contributed by atoms with van der Waals surface area (Å²) in [6, 6.07) is 8.60. The molecule has 78 valence electrons. The first kappa shape index (κ1) is 11.6. The van der Waals surface area contributed by atoms with Gasteiger partial charge in [-0.2, -0.15) is 0 Å². The molecule has 0 heterocycles. The van der Waals surface area contributed by atoms with Gasteiger partial charge in [-0.15, -0.1) is 11.8 Å². The van der Waals surface area contributed by atoms with Crippen molar-refractivity contribution in [1.82, 2.24) is 0 Å². The van der Waals surface area contributed by atoms with Crippen LogP contribution in [-0.2, 0) is 4.74 Å². The van der Waals surface area contributed by atoms with Gasteiger partial charge in [-0.05, 0) is 19.1 Å². The zero-order valence-corrected chi connectivity index (χ0v) is 9.51. The molecule has 2 nitrogen and oxygen atoms in total. The fourth-order valence-corrected chi connectivity index (χ4v) is 1.93. The van der Waals surface area contributed by atoms with Gasteiger partial charge in [0.2, 0.25) is 0 Å². The molecule has 0 saturated carbocycles. The second-order valence-electron chi connectivity index (χ2n) is 3.34. The molecule has 1 rings (SSSR count). The number of aryl methyl sites for hydroxylation is 1. The first-order valence-electron chi connectivity index (χ1n) is 4.66. The molecule has 1 unspecified atom stereocenters. The Morgan fingerprint density at radius 2 is 2.00 bits per heavy atom. The highest BCUT2D eigenvalue weighted by Gasteiger charge is 2.02. The predicted octanol–water partition coefficient (Wildman–Crippen LogP) is 2.06. The normalized spacial score (nSPS) is 12.8. The zero-order chi connectivity index (χ0) is 10.4. The molecule has 14 heavy (non-hydrogen) atoms. The maximum atomic E-state index is 5.82. The van der Waals surface area contributed by atoms with E-state index in [1.165, 1.54) is 10.5 Å². The molecule has 3 heteroatoms.